The summed E-state index contributed by atoms with van der Waals surface area (Å²) < 4.78 is 0. The molecule has 2 N–H and O–H groups in total. The number of urea groups is 1. The van der Waals surface area contributed by atoms with Crippen LogP contribution in [0.2, 0.25) is 0 Å². The molecule has 0 bridgehead atoms. The SMILES string of the molecule is CNC(=O)Nc1ccccc1C1CN(C)Cc2c(C)cc(C)cc21. The summed E-state index contributed by atoms with van der Waals surface area (Å²) in [4.78, 5) is 14.2. The van der Waals surface area contributed by atoms with Gasteiger partial charge in [-0.1, -0.05) is 35.9 Å². The molecule has 0 aromatic heterocycles. The van der Waals surface area contributed by atoms with Gasteiger partial charge in [-0.2, -0.15) is 0 Å². The fraction of sp³-hybridized carbons (Fsp3) is 0.350. The topological polar surface area (TPSA) is 44.4 Å². The van der Waals surface area contributed by atoms with Crippen LogP contribution in [-0.4, -0.2) is 31.6 Å². The van der Waals surface area contributed by atoms with E-state index < -0.39 is 0 Å². The molecule has 1 heterocycles. The predicted molar refractivity (Wildman–Crippen MR) is 98.6 cm³/mol. The van der Waals surface area contributed by atoms with E-state index in [0.717, 1.165) is 18.8 Å². The van der Waals surface area contributed by atoms with E-state index >= 15 is 0 Å². The highest BCUT2D eigenvalue weighted by molar-refractivity contribution is 5.90. The van der Waals surface area contributed by atoms with Crippen LogP contribution in [0.1, 0.15) is 33.7 Å². The molecule has 24 heavy (non-hydrogen) atoms. The molecule has 1 unspecified atom stereocenters. The lowest BCUT2D eigenvalue weighted by Crippen LogP contribution is -2.32. The highest BCUT2D eigenvalue weighted by Gasteiger charge is 2.27. The van der Waals surface area contributed by atoms with E-state index in [1.165, 1.54) is 27.8 Å². The van der Waals surface area contributed by atoms with Gasteiger partial charge in [0.05, 0.1) is 0 Å². The Hall–Kier alpha value is -2.33. The minimum absolute atomic E-state index is 0.188. The van der Waals surface area contributed by atoms with Gasteiger partial charge in [0.2, 0.25) is 0 Å². The van der Waals surface area contributed by atoms with Crippen molar-refractivity contribution >= 4 is 11.7 Å². The summed E-state index contributed by atoms with van der Waals surface area (Å²) in [5.74, 6) is 0.255. The van der Waals surface area contributed by atoms with Crippen molar-refractivity contribution in [2.75, 3.05) is 26.0 Å². The zero-order valence-corrected chi connectivity index (χ0v) is 14.8. The second kappa shape index (κ2) is 6.65. The van der Waals surface area contributed by atoms with Crippen LogP contribution < -0.4 is 10.6 Å². The number of anilines is 1. The molecular weight excluding hydrogens is 298 g/mol. The minimum atomic E-state index is -0.188. The van der Waals surface area contributed by atoms with Crippen molar-refractivity contribution in [3.63, 3.8) is 0 Å². The Kier molecular flexibility index (Phi) is 4.58. The monoisotopic (exact) mass is 323 g/mol. The average molecular weight is 323 g/mol. The summed E-state index contributed by atoms with van der Waals surface area (Å²) in [5.41, 5.74) is 7.47. The lowest BCUT2D eigenvalue weighted by molar-refractivity contribution is 0.254. The fourth-order valence-electron chi connectivity index (χ4n) is 3.67. The maximum Gasteiger partial charge on any atom is 0.318 e. The number of likely N-dealkylation sites (N-methyl/N-ethyl adjacent to an activating group) is 1. The fourth-order valence-corrected chi connectivity index (χ4v) is 3.67. The molecule has 126 valence electrons. The standard InChI is InChI=1S/C20H25N3O/c1-13-9-14(2)17-11-23(4)12-18(16(17)10-13)15-7-5-6-8-19(15)22-20(24)21-3/h5-10,18H,11-12H2,1-4H3,(H2,21,22,24). The maximum absolute atomic E-state index is 11.8. The van der Waals surface area contributed by atoms with Crippen molar-refractivity contribution in [2.24, 2.45) is 0 Å². The normalized spacial score (nSPS) is 17.2. The van der Waals surface area contributed by atoms with Crippen LogP contribution in [0, 0.1) is 13.8 Å². The van der Waals surface area contributed by atoms with Crippen LogP contribution in [0.15, 0.2) is 36.4 Å². The molecule has 2 aromatic rings. The molecule has 2 aromatic carbocycles. The first-order valence-corrected chi connectivity index (χ1v) is 8.35. The Balaban J connectivity index is 2.10. The van der Waals surface area contributed by atoms with Crippen molar-refractivity contribution in [1.29, 1.82) is 0 Å². The van der Waals surface area contributed by atoms with Gasteiger partial charge < -0.3 is 15.5 Å². The van der Waals surface area contributed by atoms with E-state index in [0.29, 0.717) is 0 Å². The number of carbonyl (C=O) groups is 1. The zero-order chi connectivity index (χ0) is 17.3. The lowest BCUT2D eigenvalue weighted by atomic mass is 9.81. The van der Waals surface area contributed by atoms with Gasteiger partial charge in [-0.3, -0.25) is 0 Å². The Morgan fingerprint density at radius 2 is 1.92 bits per heavy atom. The van der Waals surface area contributed by atoms with E-state index in [9.17, 15) is 4.79 Å². The van der Waals surface area contributed by atoms with Crippen molar-refractivity contribution < 1.29 is 4.79 Å². The number of amides is 2. The molecule has 0 spiro atoms. The molecule has 0 fully saturated rings. The third-order valence-electron chi connectivity index (χ3n) is 4.76. The van der Waals surface area contributed by atoms with E-state index in [1.54, 1.807) is 7.05 Å². The van der Waals surface area contributed by atoms with Crippen LogP contribution in [0.4, 0.5) is 10.5 Å². The number of nitrogens with zero attached hydrogens (tertiary/aromatic N) is 1. The van der Waals surface area contributed by atoms with E-state index in [4.69, 9.17) is 0 Å². The van der Waals surface area contributed by atoms with Gasteiger partial charge in [0, 0.05) is 31.7 Å². The Bertz CT molecular complexity index is 769. The molecular formula is C20H25N3O. The Morgan fingerprint density at radius 1 is 1.17 bits per heavy atom. The van der Waals surface area contributed by atoms with Crippen LogP contribution >= 0.6 is 0 Å². The highest BCUT2D eigenvalue weighted by atomic mass is 16.2. The number of carbonyl (C=O) groups excluding carboxylic acids is 1. The predicted octanol–water partition coefficient (Wildman–Crippen LogP) is 3.63. The van der Waals surface area contributed by atoms with Crippen LogP contribution in [0.3, 0.4) is 0 Å². The van der Waals surface area contributed by atoms with Crippen molar-refractivity contribution in [2.45, 2.75) is 26.3 Å². The van der Waals surface area contributed by atoms with Crippen LogP contribution in [-0.2, 0) is 6.54 Å². The number of para-hydroxylation sites is 1. The second-order valence-corrected chi connectivity index (χ2v) is 6.69. The molecule has 1 atom stereocenters. The van der Waals surface area contributed by atoms with Gasteiger partial charge in [-0.25, -0.2) is 4.79 Å². The summed E-state index contributed by atoms with van der Waals surface area (Å²) in [7, 11) is 3.79. The number of hydrogen-bond donors (Lipinski definition) is 2. The summed E-state index contributed by atoms with van der Waals surface area (Å²) in [5, 5.41) is 5.59. The third-order valence-corrected chi connectivity index (χ3v) is 4.76. The smallest absolute Gasteiger partial charge is 0.318 e. The summed E-state index contributed by atoms with van der Waals surface area (Å²) in [6, 6.07) is 12.5. The first kappa shape index (κ1) is 16.5. The van der Waals surface area contributed by atoms with Gasteiger partial charge in [-0.05, 0) is 49.2 Å². The quantitative estimate of drug-likeness (QED) is 0.886. The van der Waals surface area contributed by atoms with Crippen molar-refractivity contribution in [3.05, 3.63) is 64.2 Å². The maximum atomic E-state index is 11.8. The van der Waals surface area contributed by atoms with Gasteiger partial charge in [0.25, 0.3) is 0 Å². The minimum Gasteiger partial charge on any atom is -0.341 e. The van der Waals surface area contributed by atoms with Crippen molar-refractivity contribution in [3.8, 4) is 0 Å². The summed E-state index contributed by atoms with van der Waals surface area (Å²) >= 11 is 0. The number of aryl methyl sites for hydroxylation is 2. The average Bonchev–Trinajstić information content (AvgIpc) is 2.55. The molecule has 0 saturated carbocycles. The molecule has 0 aliphatic carbocycles. The number of hydrogen-bond acceptors (Lipinski definition) is 2. The van der Waals surface area contributed by atoms with Crippen LogP contribution in [0.5, 0.6) is 0 Å². The molecule has 3 rings (SSSR count). The van der Waals surface area contributed by atoms with Crippen molar-refractivity contribution in [1.82, 2.24) is 10.2 Å². The first-order chi connectivity index (χ1) is 11.5. The number of rotatable bonds is 2. The van der Waals surface area contributed by atoms with E-state index in [2.05, 4.69) is 54.6 Å². The van der Waals surface area contributed by atoms with Gasteiger partial charge in [0.1, 0.15) is 0 Å². The first-order valence-electron chi connectivity index (χ1n) is 8.35. The third kappa shape index (κ3) is 3.15. The Morgan fingerprint density at radius 3 is 2.67 bits per heavy atom. The molecule has 1 aliphatic rings. The number of nitrogens with one attached hydrogen (secondary N) is 2. The highest BCUT2D eigenvalue weighted by Crippen LogP contribution is 2.38. The number of benzene rings is 2. The second-order valence-electron chi connectivity index (χ2n) is 6.69. The zero-order valence-electron chi connectivity index (χ0n) is 14.8. The van der Waals surface area contributed by atoms with Crippen LogP contribution in [0.25, 0.3) is 0 Å². The molecule has 0 saturated heterocycles. The largest absolute Gasteiger partial charge is 0.341 e. The molecule has 0 radical (unpaired) electrons. The molecule has 4 heteroatoms. The summed E-state index contributed by atoms with van der Waals surface area (Å²) in [6.45, 7) is 6.26. The van der Waals surface area contributed by atoms with Gasteiger partial charge >= 0.3 is 6.03 Å². The van der Waals surface area contributed by atoms with E-state index in [1.807, 2.05) is 18.2 Å². The lowest BCUT2D eigenvalue weighted by Gasteiger charge is -2.35. The summed E-state index contributed by atoms with van der Waals surface area (Å²) in [6.07, 6.45) is 0. The Labute approximate surface area is 143 Å². The van der Waals surface area contributed by atoms with Gasteiger partial charge in [0.15, 0.2) is 0 Å². The molecule has 4 nitrogen and oxygen atoms in total. The number of fused-ring (bicyclic) bond motifs is 1. The van der Waals surface area contributed by atoms with Gasteiger partial charge in [-0.15, -0.1) is 0 Å². The molecule has 2 amide bonds. The molecule has 1 aliphatic heterocycles. The van der Waals surface area contributed by atoms with E-state index in [-0.39, 0.29) is 11.9 Å².